The second-order valence-electron chi connectivity index (χ2n) is 9.59. The van der Waals surface area contributed by atoms with E-state index >= 15 is 0 Å². The van der Waals surface area contributed by atoms with Crippen LogP contribution in [0, 0.1) is 10.8 Å². The number of nitrogens with one attached hydrogen (secondary N) is 7. The van der Waals surface area contributed by atoms with Crippen LogP contribution in [0.1, 0.15) is 54.7 Å². The SMILES string of the molecule is N=C(N)NCCCCC(=O)NC(CCC(N)=O)C(=O)NCC(=O)N[C@@H](CCCNC(=N)N)C(=O)c1nc2ccccc2s1. The number of primary amides is 1. The highest BCUT2D eigenvalue weighted by Gasteiger charge is 2.26. The molecule has 1 aromatic carbocycles. The summed E-state index contributed by atoms with van der Waals surface area (Å²) in [6, 6.07) is 5.18. The molecule has 0 aliphatic heterocycles. The summed E-state index contributed by atoms with van der Waals surface area (Å²) < 4.78 is 0.818. The lowest BCUT2D eigenvalue weighted by atomic mass is 10.1. The van der Waals surface area contributed by atoms with Crippen LogP contribution in [0.5, 0.6) is 0 Å². The highest BCUT2D eigenvalue weighted by atomic mass is 32.1. The second-order valence-corrected chi connectivity index (χ2v) is 10.6. The maximum Gasteiger partial charge on any atom is 0.243 e. The van der Waals surface area contributed by atoms with Gasteiger partial charge in [0.05, 0.1) is 22.8 Å². The van der Waals surface area contributed by atoms with E-state index in [1.165, 1.54) is 11.3 Å². The van der Waals surface area contributed by atoms with Crippen LogP contribution in [0.3, 0.4) is 0 Å². The lowest BCUT2D eigenvalue weighted by molar-refractivity contribution is -0.131. The third-order valence-corrected chi connectivity index (χ3v) is 7.09. The number of Topliss-reactive ketones (excluding diaryl/α,β-unsaturated/α-hetero) is 1. The van der Waals surface area contributed by atoms with E-state index in [9.17, 15) is 24.0 Å². The number of hydrogen-bond acceptors (Lipinski definition) is 9. The first kappa shape index (κ1) is 34.4. The smallest absolute Gasteiger partial charge is 0.243 e. The van der Waals surface area contributed by atoms with Gasteiger partial charge in [-0.15, -0.1) is 11.3 Å². The first-order chi connectivity index (χ1) is 20.5. The molecule has 2 rings (SSSR count). The van der Waals surface area contributed by atoms with Gasteiger partial charge in [0.15, 0.2) is 16.9 Å². The predicted octanol–water partition coefficient (Wildman–Crippen LogP) is -1.25. The molecule has 13 N–H and O–H groups in total. The number of thiazole rings is 1. The molecule has 0 saturated carbocycles. The van der Waals surface area contributed by atoms with Crippen LogP contribution in [-0.2, 0) is 19.2 Å². The number of nitrogens with zero attached hydrogens (tertiary/aromatic N) is 1. The fourth-order valence-electron chi connectivity index (χ4n) is 3.92. The van der Waals surface area contributed by atoms with Gasteiger partial charge < -0.3 is 43.8 Å². The Hall–Kier alpha value is -4.80. The van der Waals surface area contributed by atoms with Gasteiger partial charge in [0.2, 0.25) is 29.4 Å². The number of benzene rings is 1. The van der Waals surface area contributed by atoms with Gasteiger partial charge in [-0.1, -0.05) is 12.1 Å². The minimum absolute atomic E-state index is 0.0672. The number of hydrogen-bond donors (Lipinski definition) is 10. The number of carbonyl (C=O) groups is 5. The van der Waals surface area contributed by atoms with Crippen LogP contribution in [0.2, 0.25) is 0 Å². The van der Waals surface area contributed by atoms with Gasteiger partial charge >= 0.3 is 0 Å². The highest BCUT2D eigenvalue weighted by Crippen LogP contribution is 2.23. The van der Waals surface area contributed by atoms with Crippen molar-refractivity contribution in [3.05, 3.63) is 29.3 Å². The zero-order chi connectivity index (χ0) is 31.8. The lowest BCUT2D eigenvalue weighted by Crippen LogP contribution is -2.51. The van der Waals surface area contributed by atoms with Crippen molar-refractivity contribution in [1.82, 2.24) is 31.6 Å². The molecule has 0 radical (unpaired) electrons. The van der Waals surface area contributed by atoms with E-state index < -0.39 is 48.0 Å². The monoisotopic (exact) mass is 617 g/mol. The zero-order valence-corrected chi connectivity index (χ0v) is 24.5. The molecule has 1 heterocycles. The number of fused-ring (bicyclic) bond motifs is 1. The fourth-order valence-corrected chi connectivity index (χ4v) is 4.88. The molecule has 0 fully saturated rings. The van der Waals surface area contributed by atoms with Crippen LogP contribution >= 0.6 is 11.3 Å². The predicted molar refractivity (Wildman–Crippen MR) is 162 cm³/mol. The Morgan fingerprint density at radius 3 is 2.09 bits per heavy atom. The Kier molecular flexibility index (Phi) is 14.3. The molecule has 43 heavy (non-hydrogen) atoms. The number of nitrogens with two attached hydrogens (primary N) is 3. The third kappa shape index (κ3) is 13.2. The summed E-state index contributed by atoms with van der Waals surface area (Å²) in [6.45, 7) is 0.229. The van der Waals surface area contributed by atoms with Crippen molar-refractivity contribution in [2.75, 3.05) is 19.6 Å². The molecule has 4 amide bonds. The van der Waals surface area contributed by atoms with E-state index in [2.05, 4.69) is 31.6 Å². The van der Waals surface area contributed by atoms with Crippen LogP contribution in [0.4, 0.5) is 0 Å². The molecule has 0 saturated heterocycles. The molecule has 0 aliphatic carbocycles. The van der Waals surface area contributed by atoms with Crippen molar-refractivity contribution in [1.29, 1.82) is 10.8 Å². The summed E-state index contributed by atoms with van der Waals surface area (Å²) >= 11 is 1.20. The number of unbranched alkanes of at least 4 members (excludes halogenated alkanes) is 1. The summed E-state index contributed by atoms with van der Waals surface area (Å²) in [4.78, 5) is 67.0. The average Bonchev–Trinajstić information content (AvgIpc) is 3.39. The van der Waals surface area contributed by atoms with Gasteiger partial charge in [-0.2, -0.15) is 0 Å². The van der Waals surface area contributed by atoms with Crippen LogP contribution in [0.15, 0.2) is 24.3 Å². The summed E-state index contributed by atoms with van der Waals surface area (Å²) in [5, 5.41) is 27.5. The van der Waals surface area contributed by atoms with Gasteiger partial charge in [-0.3, -0.25) is 34.8 Å². The van der Waals surface area contributed by atoms with E-state index in [4.69, 9.17) is 28.0 Å². The van der Waals surface area contributed by atoms with Crippen LogP contribution < -0.4 is 43.8 Å². The molecule has 0 spiro atoms. The number of para-hydroxylation sites is 1. The van der Waals surface area contributed by atoms with Gasteiger partial charge in [-0.05, 0) is 44.2 Å². The summed E-state index contributed by atoms with van der Waals surface area (Å²) in [7, 11) is 0. The minimum Gasteiger partial charge on any atom is -0.370 e. The molecule has 0 aliphatic rings. The second kappa shape index (κ2) is 17.9. The topological polar surface area (TPSA) is 284 Å². The Labute approximate surface area is 252 Å². The largest absolute Gasteiger partial charge is 0.370 e. The van der Waals surface area contributed by atoms with Gasteiger partial charge in [0, 0.05) is 25.9 Å². The van der Waals surface area contributed by atoms with Crippen LogP contribution in [0.25, 0.3) is 10.2 Å². The molecule has 1 aromatic heterocycles. The average molecular weight is 618 g/mol. The fraction of sp³-hybridized carbons (Fsp3) is 0.462. The van der Waals surface area contributed by atoms with Gasteiger partial charge in [0.25, 0.3) is 0 Å². The normalized spacial score (nSPS) is 12.0. The molecule has 234 valence electrons. The van der Waals surface area contributed by atoms with Crippen molar-refractivity contribution >= 4 is 62.9 Å². The molecular weight excluding hydrogens is 578 g/mol. The number of amides is 4. The maximum atomic E-state index is 13.3. The van der Waals surface area contributed by atoms with E-state index in [0.29, 0.717) is 37.9 Å². The van der Waals surface area contributed by atoms with Gasteiger partial charge in [0.1, 0.15) is 6.04 Å². The maximum absolute atomic E-state index is 13.3. The molecule has 0 bridgehead atoms. The summed E-state index contributed by atoms with van der Waals surface area (Å²) in [6.07, 6.45) is 1.50. The highest BCUT2D eigenvalue weighted by molar-refractivity contribution is 7.20. The Morgan fingerprint density at radius 1 is 0.791 bits per heavy atom. The zero-order valence-electron chi connectivity index (χ0n) is 23.7. The van der Waals surface area contributed by atoms with E-state index in [1.807, 2.05) is 12.1 Å². The van der Waals surface area contributed by atoms with E-state index in [-0.39, 0.29) is 42.6 Å². The van der Waals surface area contributed by atoms with Crippen LogP contribution in [-0.4, -0.2) is 78.0 Å². The number of guanidine groups is 2. The van der Waals surface area contributed by atoms with Crippen molar-refractivity contribution in [3.63, 3.8) is 0 Å². The molecule has 2 aromatic rings. The molecular formula is C26H39N11O5S. The molecule has 2 atom stereocenters. The summed E-state index contributed by atoms with van der Waals surface area (Å²) in [5.41, 5.74) is 16.4. The third-order valence-electron chi connectivity index (χ3n) is 6.04. The molecule has 16 nitrogen and oxygen atoms in total. The Balaban J connectivity index is 1.98. The Bertz CT molecular complexity index is 1280. The first-order valence-electron chi connectivity index (χ1n) is 13.7. The summed E-state index contributed by atoms with van der Waals surface area (Å²) in [5.74, 6) is -3.22. The molecule has 1 unspecified atom stereocenters. The molecule has 17 heteroatoms. The number of aromatic nitrogens is 1. The lowest BCUT2D eigenvalue weighted by Gasteiger charge is -2.20. The van der Waals surface area contributed by atoms with E-state index in [1.54, 1.807) is 12.1 Å². The minimum atomic E-state index is -1.11. The van der Waals surface area contributed by atoms with E-state index in [0.717, 1.165) is 4.70 Å². The first-order valence-corrected chi connectivity index (χ1v) is 14.5. The van der Waals surface area contributed by atoms with Crippen molar-refractivity contribution in [2.24, 2.45) is 17.2 Å². The van der Waals surface area contributed by atoms with Crippen molar-refractivity contribution < 1.29 is 24.0 Å². The van der Waals surface area contributed by atoms with Crippen molar-refractivity contribution in [3.8, 4) is 0 Å². The number of rotatable bonds is 19. The standard InChI is InChI=1S/C26H39N11O5S/c27-19(38)11-10-17(36-20(39)9-3-4-12-32-25(28)29)23(42)34-14-21(40)35-16(7-5-13-33-26(30)31)22(41)24-37-15-6-1-2-8-18(15)43-24/h1-2,6,8,16-17H,3-5,7,9-14H2,(H2,27,38)(H,34,42)(H,35,40)(H,36,39)(H4,28,29,32)(H4,30,31,33)/t16-,17?/m0/s1. The van der Waals surface area contributed by atoms with Gasteiger partial charge in [-0.25, -0.2) is 4.98 Å². The number of carbonyl (C=O) groups excluding carboxylic acids is 5. The number of ketones is 1. The van der Waals surface area contributed by atoms with Crippen molar-refractivity contribution in [2.45, 2.75) is 57.0 Å². The Morgan fingerprint density at radius 2 is 1.44 bits per heavy atom. The quantitative estimate of drug-likeness (QED) is 0.0386.